The molecule has 1 aliphatic rings. The topological polar surface area (TPSA) is 50.1 Å². The number of hydrogen-bond donors (Lipinski definition) is 0. The maximum atomic E-state index is 11.8. The molecular formula is C19H17NO2. The van der Waals surface area contributed by atoms with Gasteiger partial charge < -0.3 is 4.74 Å². The van der Waals surface area contributed by atoms with Crippen LogP contribution in [0.4, 0.5) is 0 Å². The summed E-state index contributed by atoms with van der Waals surface area (Å²) in [6.45, 7) is 1.97. The summed E-state index contributed by atoms with van der Waals surface area (Å²) in [7, 11) is 0. The van der Waals surface area contributed by atoms with E-state index in [9.17, 15) is 10.1 Å². The van der Waals surface area contributed by atoms with E-state index in [1.807, 2.05) is 55.5 Å². The van der Waals surface area contributed by atoms with Crippen LogP contribution in [0.2, 0.25) is 0 Å². The molecule has 0 saturated heterocycles. The lowest BCUT2D eigenvalue weighted by atomic mass is 9.94. The van der Waals surface area contributed by atoms with E-state index in [-0.39, 0.29) is 11.9 Å². The minimum absolute atomic E-state index is 0.00605. The van der Waals surface area contributed by atoms with Crippen LogP contribution in [0, 0.1) is 24.2 Å². The summed E-state index contributed by atoms with van der Waals surface area (Å²) in [4.78, 5) is 11.8. The Morgan fingerprint density at radius 1 is 1.18 bits per heavy atom. The third-order valence-electron chi connectivity index (χ3n) is 4.00. The first kappa shape index (κ1) is 14.3. The van der Waals surface area contributed by atoms with E-state index in [0.29, 0.717) is 0 Å². The summed E-state index contributed by atoms with van der Waals surface area (Å²) in [5, 5.41) is 9.39. The fraction of sp³-hybridized carbons (Fsp3) is 0.263. The third kappa shape index (κ3) is 2.87. The van der Waals surface area contributed by atoms with E-state index in [0.717, 1.165) is 35.1 Å². The van der Waals surface area contributed by atoms with Crippen LogP contribution >= 0.6 is 0 Å². The Balaban J connectivity index is 1.93. The highest BCUT2D eigenvalue weighted by Gasteiger charge is 2.33. The molecule has 1 aliphatic carbocycles. The van der Waals surface area contributed by atoms with Crippen molar-refractivity contribution in [3.63, 3.8) is 0 Å². The molecule has 1 saturated carbocycles. The Bertz CT molecular complexity index is 727. The summed E-state index contributed by atoms with van der Waals surface area (Å²) >= 11 is 0. The van der Waals surface area contributed by atoms with Crippen molar-refractivity contribution < 1.29 is 9.53 Å². The van der Waals surface area contributed by atoms with Gasteiger partial charge in [0.15, 0.2) is 0 Å². The number of ether oxygens (including phenoxy) is 1. The SMILES string of the molecule is Cc1c(-c2ccccc2)cccc1C(C#N)OC(=O)C1CC1. The highest BCUT2D eigenvalue weighted by Crippen LogP contribution is 2.34. The molecule has 0 bridgehead atoms. The first-order valence-electron chi connectivity index (χ1n) is 7.45. The molecule has 2 aromatic carbocycles. The van der Waals surface area contributed by atoms with Gasteiger partial charge in [-0.3, -0.25) is 4.79 Å². The number of esters is 1. The van der Waals surface area contributed by atoms with Crippen molar-refractivity contribution in [3.8, 4) is 17.2 Å². The molecule has 0 spiro atoms. The van der Waals surface area contributed by atoms with Crippen molar-refractivity contribution in [1.29, 1.82) is 5.26 Å². The van der Waals surface area contributed by atoms with Gasteiger partial charge in [-0.1, -0.05) is 48.5 Å². The second-order valence-corrected chi connectivity index (χ2v) is 5.61. The number of hydrogen-bond acceptors (Lipinski definition) is 3. The molecular weight excluding hydrogens is 274 g/mol. The zero-order chi connectivity index (χ0) is 15.5. The third-order valence-corrected chi connectivity index (χ3v) is 4.00. The molecule has 1 atom stereocenters. The quantitative estimate of drug-likeness (QED) is 0.794. The first-order valence-corrected chi connectivity index (χ1v) is 7.45. The fourth-order valence-electron chi connectivity index (χ4n) is 2.56. The van der Waals surface area contributed by atoms with Crippen molar-refractivity contribution in [2.24, 2.45) is 5.92 Å². The molecule has 0 aromatic heterocycles. The molecule has 3 heteroatoms. The summed E-state index contributed by atoms with van der Waals surface area (Å²) in [6.07, 6.45) is 0.914. The number of nitriles is 1. The van der Waals surface area contributed by atoms with Crippen LogP contribution in [0.15, 0.2) is 48.5 Å². The van der Waals surface area contributed by atoms with Crippen LogP contribution in [0.1, 0.15) is 30.1 Å². The molecule has 0 aliphatic heterocycles. The highest BCUT2D eigenvalue weighted by atomic mass is 16.5. The Morgan fingerprint density at radius 3 is 2.55 bits per heavy atom. The van der Waals surface area contributed by atoms with Gasteiger partial charge in [-0.2, -0.15) is 5.26 Å². The van der Waals surface area contributed by atoms with Gasteiger partial charge in [-0.15, -0.1) is 0 Å². The minimum Gasteiger partial charge on any atom is -0.442 e. The Labute approximate surface area is 130 Å². The monoisotopic (exact) mass is 291 g/mol. The van der Waals surface area contributed by atoms with Crippen LogP contribution in [0.5, 0.6) is 0 Å². The minimum atomic E-state index is -0.836. The lowest BCUT2D eigenvalue weighted by Crippen LogP contribution is -2.12. The van der Waals surface area contributed by atoms with Gasteiger partial charge in [0.05, 0.1) is 5.92 Å². The predicted molar refractivity (Wildman–Crippen MR) is 83.8 cm³/mol. The maximum absolute atomic E-state index is 11.8. The molecule has 1 fully saturated rings. The second-order valence-electron chi connectivity index (χ2n) is 5.61. The molecule has 0 heterocycles. The van der Waals surface area contributed by atoms with E-state index >= 15 is 0 Å². The van der Waals surface area contributed by atoms with Gasteiger partial charge in [0.2, 0.25) is 6.10 Å². The average Bonchev–Trinajstić information content (AvgIpc) is 3.39. The molecule has 1 unspecified atom stereocenters. The summed E-state index contributed by atoms with van der Waals surface area (Å²) in [5.74, 6) is -0.260. The molecule has 3 rings (SSSR count). The van der Waals surface area contributed by atoms with Gasteiger partial charge in [0.1, 0.15) is 6.07 Å². The van der Waals surface area contributed by atoms with Crippen LogP contribution in [0.3, 0.4) is 0 Å². The predicted octanol–water partition coefficient (Wildman–Crippen LogP) is 4.18. The maximum Gasteiger partial charge on any atom is 0.310 e. The van der Waals surface area contributed by atoms with Crippen molar-refractivity contribution >= 4 is 5.97 Å². The van der Waals surface area contributed by atoms with Crippen molar-refractivity contribution in [2.45, 2.75) is 25.9 Å². The number of nitrogens with zero attached hydrogens (tertiary/aromatic N) is 1. The standard InChI is InChI=1S/C19H17NO2/c1-13-16(14-6-3-2-4-7-14)8-5-9-17(13)18(12-20)22-19(21)15-10-11-15/h2-9,15,18H,10-11H2,1H3. The van der Waals surface area contributed by atoms with Gasteiger partial charge in [0, 0.05) is 5.56 Å². The van der Waals surface area contributed by atoms with Crippen LogP contribution in [0.25, 0.3) is 11.1 Å². The number of carbonyl (C=O) groups excluding carboxylic acids is 1. The van der Waals surface area contributed by atoms with Crippen molar-refractivity contribution in [1.82, 2.24) is 0 Å². The molecule has 0 radical (unpaired) electrons. The van der Waals surface area contributed by atoms with Crippen LogP contribution in [-0.4, -0.2) is 5.97 Å². The second kappa shape index (κ2) is 6.03. The van der Waals surface area contributed by atoms with Crippen LogP contribution < -0.4 is 0 Å². The zero-order valence-electron chi connectivity index (χ0n) is 12.5. The molecule has 22 heavy (non-hydrogen) atoms. The number of rotatable bonds is 4. The van der Waals surface area contributed by atoms with E-state index < -0.39 is 6.10 Å². The number of benzene rings is 2. The Morgan fingerprint density at radius 2 is 1.91 bits per heavy atom. The lowest BCUT2D eigenvalue weighted by Gasteiger charge is -2.16. The fourth-order valence-corrected chi connectivity index (χ4v) is 2.56. The van der Waals surface area contributed by atoms with Gasteiger partial charge >= 0.3 is 5.97 Å². The molecule has 0 amide bonds. The summed E-state index contributed by atoms with van der Waals surface area (Å²) < 4.78 is 5.38. The Kier molecular flexibility index (Phi) is 3.93. The average molecular weight is 291 g/mol. The lowest BCUT2D eigenvalue weighted by molar-refractivity contribution is -0.148. The number of carbonyl (C=O) groups is 1. The molecule has 3 nitrogen and oxygen atoms in total. The molecule has 110 valence electrons. The van der Waals surface area contributed by atoms with Gasteiger partial charge in [-0.05, 0) is 36.5 Å². The summed E-state index contributed by atoms with van der Waals surface area (Å²) in [5.41, 5.74) is 3.88. The van der Waals surface area contributed by atoms with Crippen molar-refractivity contribution in [3.05, 3.63) is 59.7 Å². The first-order chi connectivity index (χ1) is 10.7. The van der Waals surface area contributed by atoms with E-state index in [4.69, 9.17) is 4.74 Å². The molecule has 0 N–H and O–H groups in total. The Hall–Kier alpha value is -2.60. The van der Waals surface area contributed by atoms with E-state index in [1.54, 1.807) is 0 Å². The van der Waals surface area contributed by atoms with E-state index in [1.165, 1.54) is 0 Å². The van der Waals surface area contributed by atoms with E-state index in [2.05, 4.69) is 6.07 Å². The largest absolute Gasteiger partial charge is 0.442 e. The smallest absolute Gasteiger partial charge is 0.310 e. The highest BCUT2D eigenvalue weighted by molar-refractivity contribution is 5.76. The molecule has 2 aromatic rings. The van der Waals surface area contributed by atoms with Crippen molar-refractivity contribution in [2.75, 3.05) is 0 Å². The normalized spacial score (nSPS) is 14.9. The van der Waals surface area contributed by atoms with Gasteiger partial charge in [-0.25, -0.2) is 0 Å². The van der Waals surface area contributed by atoms with Gasteiger partial charge in [0.25, 0.3) is 0 Å². The summed E-state index contributed by atoms with van der Waals surface area (Å²) in [6, 6.07) is 17.9. The van der Waals surface area contributed by atoms with Crippen LogP contribution in [-0.2, 0) is 9.53 Å². The zero-order valence-corrected chi connectivity index (χ0v) is 12.5.